The predicted octanol–water partition coefficient (Wildman–Crippen LogP) is 4.83. The Balaban J connectivity index is 1.49. The van der Waals surface area contributed by atoms with Crippen LogP contribution in [0, 0.1) is 5.82 Å². The van der Waals surface area contributed by atoms with E-state index in [9.17, 15) is 14.3 Å². The second-order valence-corrected chi connectivity index (χ2v) is 7.46. The number of aromatic carboxylic acids is 1. The Morgan fingerprint density at radius 2 is 2.00 bits per heavy atom. The minimum atomic E-state index is -0.916. The number of hydrogen-bond donors (Lipinski definition) is 1. The smallest absolute Gasteiger partial charge is 0.335 e. The van der Waals surface area contributed by atoms with Gasteiger partial charge in [0.05, 0.1) is 17.8 Å². The lowest BCUT2D eigenvalue weighted by atomic mass is 10.0. The number of carboxylic acids is 1. The van der Waals surface area contributed by atoms with Crippen LogP contribution in [0.2, 0.25) is 0 Å². The molecule has 0 saturated carbocycles. The van der Waals surface area contributed by atoms with Crippen molar-refractivity contribution >= 4 is 5.97 Å². The van der Waals surface area contributed by atoms with E-state index in [0.717, 1.165) is 42.7 Å². The molecule has 2 aromatic carbocycles. The normalized spacial score (nSPS) is 17.3. The molecule has 2 heterocycles. The molecule has 3 aromatic rings. The van der Waals surface area contributed by atoms with Crippen molar-refractivity contribution in [3.63, 3.8) is 0 Å². The molecule has 5 nitrogen and oxygen atoms in total. The fourth-order valence-electron chi connectivity index (χ4n) is 3.86. The first-order chi connectivity index (χ1) is 14.1. The number of piperidine rings is 1. The van der Waals surface area contributed by atoms with Gasteiger partial charge in [-0.25, -0.2) is 14.2 Å². The lowest BCUT2D eigenvalue weighted by molar-refractivity contribution is 0.0696. The molecule has 1 N–H and O–H groups in total. The highest BCUT2D eigenvalue weighted by atomic mass is 19.1. The fourth-order valence-corrected chi connectivity index (χ4v) is 3.86. The van der Waals surface area contributed by atoms with E-state index >= 15 is 0 Å². The van der Waals surface area contributed by atoms with Gasteiger partial charge >= 0.3 is 5.97 Å². The molecular weight excluding hydrogens is 371 g/mol. The third-order valence-corrected chi connectivity index (χ3v) is 5.32. The van der Waals surface area contributed by atoms with Crippen molar-refractivity contribution in [1.29, 1.82) is 0 Å². The molecule has 0 bridgehead atoms. The van der Waals surface area contributed by atoms with Crippen LogP contribution in [0.4, 0.5) is 4.39 Å². The van der Waals surface area contributed by atoms with Gasteiger partial charge in [-0.2, -0.15) is 0 Å². The number of aromatic nitrogens is 1. The minimum absolute atomic E-state index is 0.0687. The van der Waals surface area contributed by atoms with Gasteiger partial charge in [0.1, 0.15) is 11.6 Å². The van der Waals surface area contributed by atoms with Crippen LogP contribution in [0.15, 0.2) is 59.1 Å². The second kappa shape index (κ2) is 8.57. The van der Waals surface area contributed by atoms with Gasteiger partial charge in [-0.05, 0) is 54.8 Å². The Morgan fingerprint density at radius 3 is 2.79 bits per heavy atom. The van der Waals surface area contributed by atoms with Crippen LogP contribution in [-0.4, -0.2) is 27.5 Å². The van der Waals surface area contributed by atoms with Gasteiger partial charge in [0, 0.05) is 13.0 Å². The molecule has 1 aromatic heterocycles. The lowest BCUT2D eigenvalue weighted by Crippen LogP contribution is -2.33. The molecule has 6 heteroatoms. The zero-order chi connectivity index (χ0) is 20.2. The maximum absolute atomic E-state index is 13.1. The minimum Gasteiger partial charge on any atom is -0.478 e. The zero-order valence-electron chi connectivity index (χ0n) is 16.1. The summed E-state index contributed by atoms with van der Waals surface area (Å²) < 4.78 is 19.1. The number of carboxylic acid groups (broad SMARTS) is 1. The maximum atomic E-state index is 13.1. The summed E-state index contributed by atoms with van der Waals surface area (Å²) in [6, 6.07) is 13.5. The molecule has 1 atom stereocenters. The molecule has 0 spiro atoms. The van der Waals surface area contributed by atoms with Crippen LogP contribution in [0.3, 0.4) is 0 Å². The van der Waals surface area contributed by atoms with Crippen LogP contribution >= 0.6 is 0 Å². The number of likely N-dealkylation sites (tertiary alicyclic amines) is 1. The van der Waals surface area contributed by atoms with Gasteiger partial charge < -0.3 is 9.52 Å². The molecular formula is C23H23FN2O3. The standard InChI is InChI=1S/C23H23FN2O3/c24-19-9-7-16(8-10-19)13-20-14-25-22(29-20)21-6-1-2-11-26(21)15-17-4-3-5-18(12-17)23(27)28/h3-5,7-10,12,14,21H,1-2,6,11,13,15H2,(H,27,28)/t21-/m1/s1. The Kier molecular flexibility index (Phi) is 5.71. The highest BCUT2D eigenvalue weighted by molar-refractivity contribution is 5.87. The maximum Gasteiger partial charge on any atom is 0.335 e. The Hall–Kier alpha value is -2.99. The van der Waals surface area contributed by atoms with E-state index in [-0.39, 0.29) is 11.9 Å². The molecule has 1 aliphatic heterocycles. The summed E-state index contributed by atoms with van der Waals surface area (Å²) in [6.45, 7) is 1.57. The second-order valence-electron chi connectivity index (χ2n) is 7.46. The number of benzene rings is 2. The lowest BCUT2D eigenvalue weighted by Gasteiger charge is -2.33. The number of hydrogen-bond acceptors (Lipinski definition) is 4. The molecule has 1 aliphatic rings. The summed E-state index contributed by atoms with van der Waals surface area (Å²) in [5.74, 6) is 0.276. The molecule has 29 heavy (non-hydrogen) atoms. The summed E-state index contributed by atoms with van der Waals surface area (Å²) in [5, 5.41) is 9.22. The van der Waals surface area contributed by atoms with Crippen molar-refractivity contribution in [3.8, 4) is 0 Å². The summed E-state index contributed by atoms with van der Waals surface area (Å²) in [6.07, 6.45) is 5.47. The van der Waals surface area contributed by atoms with Gasteiger partial charge in [-0.3, -0.25) is 4.90 Å². The topological polar surface area (TPSA) is 66.6 Å². The van der Waals surface area contributed by atoms with E-state index in [1.165, 1.54) is 12.1 Å². The van der Waals surface area contributed by atoms with E-state index in [4.69, 9.17) is 4.42 Å². The van der Waals surface area contributed by atoms with Crippen molar-refractivity contribution in [2.24, 2.45) is 0 Å². The SMILES string of the molecule is O=C(O)c1cccc(CN2CCCC[C@@H]2c2ncc(Cc3ccc(F)cc3)o2)c1. The van der Waals surface area contributed by atoms with Crippen molar-refractivity contribution < 1.29 is 18.7 Å². The average Bonchev–Trinajstić information content (AvgIpc) is 3.19. The predicted molar refractivity (Wildman–Crippen MR) is 106 cm³/mol. The first-order valence-corrected chi connectivity index (χ1v) is 9.84. The van der Waals surface area contributed by atoms with Crippen molar-refractivity contribution in [3.05, 3.63) is 88.9 Å². The van der Waals surface area contributed by atoms with Crippen molar-refractivity contribution in [2.75, 3.05) is 6.54 Å². The molecule has 150 valence electrons. The van der Waals surface area contributed by atoms with E-state index in [0.29, 0.717) is 24.4 Å². The zero-order valence-corrected chi connectivity index (χ0v) is 16.1. The van der Waals surface area contributed by atoms with Crippen LogP contribution in [0.1, 0.15) is 58.4 Å². The van der Waals surface area contributed by atoms with Gasteiger partial charge in [-0.15, -0.1) is 0 Å². The number of oxazole rings is 1. The monoisotopic (exact) mass is 394 g/mol. The molecule has 1 fully saturated rings. The summed E-state index contributed by atoms with van der Waals surface area (Å²) in [7, 11) is 0. The summed E-state index contributed by atoms with van der Waals surface area (Å²) in [4.78, 5) is 18.1. The Bertz CT molecular complexity index is 984. The van der Waals surface area contributed by atoms with Crippen LogP contribution in [-0.2, 0) is 13.0 Å². The van der Waals surface area contributed by atoms with E-state index < -0.39 is 5.97 Å². The largest absolute Gasteiger partial charge is 0.478 e. The highest BCUT2D eigenvalue weighted by Gasteiger charge is 2.28. The van der Waals surface area contributed by atoms with E-state index in [1.807, 2.05) is 6.07 Å². The molecule has 1 saturated heterocycles. The molecule has 0 radical (unpaired) electrons. The van der Waals surface area contributed by atoms with Crippen molar-refractivity contribution in [1.82, 2.24) is 9.88 Å². The average molecular weight is 394 g/mol. The Labute approximate surface area is 168 Å². The first-order valence-electron chi connectivity index (χ1n) is 9.84. The highest BCUT2D eigenvalue weighted by Crippen LogP contribution is 2.32. The van der Waals surface area contributed by atoms with Crippen LogP contribution in [0.5, 0.6) is 0 Å². The third kappa shape index (κ3) is 4.71. The number of nitrogens with zero attached hydrogens (tertiary/aromatic N) is 2. The number of rotatable bonds is 6. The quantitative estimate of drug-likeness (QED) is 0.649. The van der Waals surface area contributed by atoms with Gasteiger partial charge in [0.15, 0.2) is 0 Å². The number of halogens is 1. The molecule has 0 unspecified atom stereocenters. The molecule has 0 aliphatic carbocycles. The molecule has 4 rings (SSSR count). The number of carbonyl (C=O) groups is 1. The van der Waals surface area contributed by atoms with Crippen molar-refractivity contribution in [2.45, 2.75) is 38.3 Å². The van der Waals surface area contributed by atoms with Crippen LogP contribution in [0.25, 0.3) is 0 Å². The first kappa shape index (κ1) is 19.3. The summed E-state index contributed by atoms with van der Waals surface area (Å²) >= 11 is 0. The van der Waals surface area contributed by atoms with E-state index in [1.54, 1.807) is 36.5 Å². The van der Waals surface area contributed by atoms with Gasteiger partial charge in [-0.1, -0.05) is 30.7 Å². The fraction of sp³-hybridized carbons (Fsp3) is 0.304. The summed E-state index contributed by atoms with van der Waals surface area (Å²) in [5.41, 5.74) is 2.24. The van der Waals surface area contributed by atoms with Gasteiger partial charge in [0.25, 0.3) is 0 Å². The Morgan fingerprint density at radius 1 is 1.17 bits per heavy atom. The van der Waals surface area contributed by atoms with Gasteiger partial charge in [0.2, 0.25) is 5.89 Å². The third-order valence-electron chi connectivity index (χ3n) is 5.32. The van der Waals surface area contributed by atoms with E-state index in [2.05, 4.69) is 9.88 Å². The molecule has 0 amide bonds. The van der Waals surface area contributed by atoms with Crippen LogP contribution < -0.4 is 0 Å².